The lowest BCUT2D eigenvalue weighted by atomic mass is 10.5. The summed E-state index contributed by atoms with van der Waals surface area (Å²) in [6.07, 6.45) is 0. The Hall–Kier alpha value is 0.200. The van der Waals surface area contributed by atoms with Gasteiger partial charge in [-0.3, -0.25) is 0 Å². The second kappa shape index (κ2) is 2.86. The minimum atomic E-state index is 0.435. The normalized spacial score (nSPS) is 10.1. The smallest absolute Gasteiger partial charge is 0.183 e. The molecule has 0 aliphatic heterocycles. The Kier molecular flexibility index (Phi) is 2.32. The van der Waals surface area contributed by atoms with E-state index in [4.69, 9.17) is 10.2 Å². The Balaban J connectivity index is 2.98. The molecule has 9 heavy (non-hydrogen) atoms. The molecule has 0 aliphatic rings. The van der Waals surface area contributed by atoms with Gasteiger partial charge in [0.15, 0.2) is 4.67 Å². The summed E-state index contributed by atoms with van der Waals surface area (Å²) in [6, 6.07) is 1.84. The number of hydrogen-bond donors (Lipinski definition) is 1. The first-order valence-electron chi connectivity index (χ1n) is 2.38. The summed E-state index contributed by atoms with van der Waals surface area (Å²) in [6.45, 7) is 0.435. The highest BCUT2D eigenvalue weighted by Gasteiger charge is 2.02. The van der Waals surface area contributed by atoms with Gasteiger partial charge in [0.05, 0.1) is 11.0 Å². The molecular formula is C5H5Br2NO. The van der Waals surface area contributed by atoms with Gasteiger partial charge in [0.1, 0.15) is 5.76 Å². The summed E-state index contributed by atoms with van der Waals surface area (Å²) >= 11 is 6.45. The van der Waals surface area contributed by atoms with E-state index in [-0.39, 0.29) is 0 Å². The molecule has 2 nitrogen and oxygen atoms in total. The predicted octanol–water partition coefficient (Wildman–Crippen LogP) is 2.26. The summed E-state index contributed by atoms with van der Waals surface area (Å²) in [5.41, 5.74) is 5.30. The lowest BCUT2D eigenvalue weighted by Gasteiger charge is -1.82. The topological polar surface area (TPSA) is 39.2 Å². The number of hydrogen-bond acceptors (Lipinski definition) is 2. The molecule has 0 fully saturated rings. The second-order valence-corrected chi connectivity index (χ2v) is 3.11. The van der Waals surface area contributed by atoms with Gasteiger partial charge in [0, 0.05) is 0 Å². The molecule has 1 rings (SSSR count). The quantitative estimate of drug-likeness (QED) is 0.835. The third kappa shape index (κ3) is 1.56. The van der Waals surface area contributed by atoms with Gasteiger partial charge in [-0.15, -0.1) is 0 Å². The van der Waals surface area contributed by atoms with Crippen molar-refractivity contribution < 1.29 is 4.42 Å². The fraction of sp³-hybridized carbons (Fsp3) is 0.200. The second-order valence-electron chi connectivity index (χ2n) is 1.54. The van der Waals surface area contributed by atoms with Gasteiger partial charge >= 0.3 is 0 Å². The van der Waals surface area contributed by atoms with Crippen LogP contribution in [0.3, 0.4) is 0 Å². The van der Waals surface area contributed by atoms with Crippen molar-refractivity contribution in [1.82, 2.24) is 0 Å². The average Bonchev–Trinajstić information content (AvgIpc) is 2.13. The van der Waals surface area contributed by atoms with Gasteiger partial charge < -0.3 is 10.2 Å². The molecular weight excluding hydrogens is 250 g/mol. The van der Waals surface area contributed by atoms with Crippen LogP contribution in [0.2, 0.25) is 0 Å². The van der Waals surface area contributed by atoms with Crippen LogP contribution in [0.15, 0.2) is 19.6 Å². The molecule has 50 valence electrons. The van der Waals surface area contributed by atoms with E-state index in [9.17, 15) is 0 Å². The van der Waals surface area contributed by atoms with Crippen molar-refractivity contribution in [2.75, 3.05) is 0 Å². The highest BCUT2D eigenvalue weighted by atomic mass is 79.9. The standard InChI is InChI=1S/C5H5Br2NO/c6-4-1-3(2-8)9-5(4)7/h1H,2,8H2. The van der Waals surface area contributed by atoms with E-state index in [0.717, 1.165) is 10.2 Å². The Bertz CT molecular complexity index is 189. The number of halogens is 2. The molecule has 0 saturated heterocycles. The van der Waals surface area contributed by atoms with Crippen LogP contribution in [-0.4, -0.2) is 0 Å². The molecule has 0 atom stereocenters. The fourth-order valence-corrected chi connectivity index (χ4v) is 1.15. The molecule has 0 spiro atoms. The average molecular weight is 255 g/mol. The summed E-state index contributed by atoms with van der Waals surface area (Å²) < 4.78 is 6.71. The molecule has 0 saturated carbocycles. The van der Waals surface area contributed by atoms with Crippen molar-refractivity contribution in [3.05, 3.63) is 21.0 Å². The van der Waals surface area contributed by atoms with Crippen LogP contribution in [0, 0.1) is 0 Å². The molecule has 0 aromatic carbocycles. The van der Waals surface area contributed by atoms with Gasteiger partial charge in [-0.2, -0.15) is 0 Å². The molecule has 1 heterocycles. The van der Waals surface area contributed by atoms with Crippen LogP contribution in [0.5, 0.6) is 0 Å². The van der Waals surface area contributed by atoms with Crippen LogP contribution in [0.25, 0.3) is 0 Å². The third-order valence-electron chi connectivity index (χ3n) is 0.897. The first kappa shape index (κ1) is 7.31. The van der Waals surface area contributed by atoms with E-state index < -0.39 is 0 Å². The van der Waals surface area contributed by atoms with Crippen LogP contribution in [-0.2, 0) is 6.54 Å². The van der Waals surface area contributed by atoms with Gasteiger partial charge in [-0.25, -0.2) is 0 Å². The maximum Gasteiger partial charge on any atom is 0.183 e. The molecule has 0 aliphatic carbocycles. The summed E-state index contributed by atoms with van der Waals surface area (Å²) in [5, 5.41) is 0. The van der Waals surface area contributed by atoms with E-state index in [1.54, 1.807) is 0 Å². The minimum absolute atomic E-state index is 0.435. The summed E-state index contributed by atoms with van der Waals surface area (Å²) in [4.78, 5) is 0. The van der Waals surface area contributed by atoms with Crippen molar-refractivity contribution in [3.63, 3.8) is 0 Å². The number of furan rings is 1. The number of rotatable bonds is 1. The van der Waals surface area contributed by atoms with Crippen molar-refractivity contribution in [2.24, 2.45) is 5.73 Å². The zero-order chi connectivity index (χ0) is 6.85. The largest absolute Gasteiger partial charge is 0.452 e. The van der Waals surface area contributed by atoms with Gasteiger partial charge in [-0.05, 0) is 37.9 Å². The van der Waals surface area contributed by atoms with Crippen molar-refractivity contribution >= 4 is 31.9 Å². The van der Waals surface area contributed by atoms with Gasteiger partial charge in [-0.1, -0.05) is 0 Å². The molecule has 1 aromatic heterocycles. The summed E-state index contributed by atoms with van der Waals surface area (Å²) in [7, 11) is 0. The maximum atomic E-state index is 5.30. The molecule has 0 unspecified atom stereocenters. The van der Waals surface area contributed by atoms with Crippen molar-refractivity contribution in [1.29, 1.82) is 0 Å². The minimum Gasteiger partial charge on any atom is -0.452 e. The highest BCUT2D eigenvalue weighted by molar-refractivity contribution is 9.13. The zero-order valence-electron chi connectivity index (χ0n) is 4.53. The molecule has 1 aromatic rings. The predicted molar refractivity (Wildman–Crippen MR) is 42.0 cm³/mol. The van der Waals surface area contributed by atoms with Crippen molar-refractivity contribution in [3.8, 4) is 0 Å². The molecule has 0 radical (unpaired) electrons. The monoisotopic (exact) mass is 253 g/mol. The third-order valence-corrected chi connectivity index (χ3v) is 2.61. The van der Waals surface area contributed by atoms with E-state index >= 15 is 0 Å². The van der Waals surface area contributed by atoms with E-state index in [0.29, 0.717) is 11.2 Å². The Morgan fingerprint density at radius 2 is 2.22 bits per heavy atom. The van der Waals surface area contributed by atoms with Crippen molar-refractivity contribution in [2.45, 2.75) is 6.54 Å². The van der Waals surface area contributed by atoms with Crippen LogP contribution in [0.1, 0.15) is 5.76 Å². The molecule has 0 amide bonds. The van der Waals surface area contributed by atoms with E-state index in [1.165, 1.54) is 0 Å². The van der Waals surface area contributed by atoms with Crippen LogP contribution in [0.4, 0.5) is 0 Å². The summed E-state index contributed by atoms with van der Waals surface area (Å²) in [5.74, 6) is 0.772. The lowest BCUT2D eigenvalue weighted by molar-refractivity contribution is 0.489. The van der Waals surface area contributed by atoms with Crippen LogP contribution < -0.4 is 5.73 Å². The van der Waals surface area contributed by atoms with E-state index in [1.807, 2.05) is 6.07 Å². The first-order valence-corrected chi connectivity index (χ1v) is 3.96. The molecule has 4 heteroatoms. The zero-order valence-corrected chi connectivity index (χ0v) is 7.70. The lowest BCUT2D eigenvalue weighted by Crippen LogP contribution is -1.92. The molecule has 0 bridgehead atoms. The first-order chi connectivity index (χ1) is 4.24. The van der Waals surface area contributed by atoms with Gasteiger partial charge in [0.2, 0.25) is 0 Å². The maximum absolute atomic E-state index is 5.30. The molecule has 2 N–H and O–H groups in total. The number of nitrogens with two attached hydrogens (primary N) is 1. The Morgan fingerprint density at radius 1 is 1.56 bits per heavy atom. The highest BCUT2D eigenvalue weighted by Crippen LogP contribution is 2.26. The van der Waals surface area contributed by atoms with Gasteiger partial charge in [0.25, 0.3) is 0 Å². The van der Waals surface area contributed by atoms with Crippen LogP contribution >= 0.6 is 31.9 Å². The fourth-order valence-electron chi connectivity index (χ4n) is 0.492. The van der Waals surface area contributed by atoms with E-state index in [2.05, 4.69) is 31.9 Å². The SMILES string of the molecule is NCc1cc(Br)c(Br)o1. The Labute approximate surface area is 69.7 Å². The Morgan fingerprint density at radius 3 is 2.44 bits per heavy atom.